The van der Waals surface area contributed by atoms with Gasteiger partial charge in [0.1, 0.15) is 11.6 Å². The van der Waals surface area contributed by atoms with Crippen LogP contribution in [0.3, 0.4) is 0 Å². The largest absolute Gasteiger partial charge is 0.417 e. The molecular weight excluding hydrogens is 349 g/mol. The molecule has 0 spiro atoms. The van der Waals surface area contributed by atoms with Crippen LogP contribution in [-0.2, 0) is 17.4 Å². The Morgan fingerprint density at radius 2 is 1.92 bits per heavy atom. The number of carbonyl (C=O) groups excluding carboxylic acids is 1. The maximum atomic E-state index is 12.5. The van der Waals surface area contributed by atoms with Gasteiger partial charge in [0, 0.05) is 19.0 Å². The van der Waals surface area contributed by atoms with Crippen molar-refractivity contribution >= 4 is 22.6 Å². The summed E-state index contributed by atoms with van der Waals surface area (Å²) in [6.45, 7) is 0. The molecule has 6 nitrogen and oxygen atoms in total. The van der Waals surface area contributed by atoms with Crippen molar-refractivity contribution in [3.05, 3.63) is 64.3 Å². The van der Waals surface area contributed by atoms with Gasteiger partial charge in [0.15, 0.2) is 0 Å². The fourth-order valence-corrected chi connectivity index (χ4v) is 2.33. The van der Waals surface area contributed by atoms with Crippen LogP contribution in [0, 0.1) is 0 Å². The van der Waals surface area contributed by atoms with E-state index < -0.39 is 17.6 Å². The van der Waals surface area contributed by atoms with Gasteiger partial charge in [-0.15, -0.1) is 0 Å². The molecule has 1 aromatic carbocycles. The zero-order valence-electron chi connectivity index (χ0n) is 13.3. The highest BCUT2D eigenvalue weighted by Crippen LogP contribution is 2.28. The van der Waals surface area contributed by atoms with Gasteiger partial charge in [-0.25, -0.2) is 9.97 Å². The Hall–Kier alpha value is -3.23. The molecule has 0 aliphatic carbocycles. The summed E-state index contributed by atoms with van der Waals surface area (Å²) in [5, 5.41) is 2.86. The van der Waals surface area contributed by atoms with Crippen LogP contribution in [0.5, 0.6) is 0 Å². The summed E-state index contributed by atoms with van der Waals surface area (Å²) in [7, 11) is 0. The molecule has 0 aliphatic heterocycles. The maximum absolute atomic E-state index is 12.5. The number of pyridine rings is 1. The first kappa shape index (κ1) is 17.6. The van der Waals surface area contributed by atoms with Crippen molar-refractivity contribution in [3.63, 3.8) is 0 Å². The zero-order valence-corrected chi connectivity index (χ0v) is 13.3. The Morgan fingerprint density at radius 1 is 1.15 bits per heavy atom. The minimum atomic E-state index is -4.48. The highest BCUT2D eigenvalue weighted by atomic mass is 19.4. The molecule has 0 saturated heterocycles. The molecule has 9 heteroatoms. The normalized spacial score (nSPS) is 11.5. The van der Waals surface area contributed by atoms with Crippen molar-refractivity contribution in [2.24, 2.45) is 0 Å². The number of aromatic amines is 1. The highest BCUT2D eigenvalue weighted by molar-refractivity contribution is 5.89. The Labute approximate surface area is 145 Å². The number of nitrogens with one attached hydrogen (secondary N) is 2. The monoisotopic (exact) mass is 362 g/mol. The number of fused-ring (bicyclic) bond motifs is 1. The molecule has 134 valence electrons. The minimum Gasteiger partial charge on any atom is -0.311 e. The van der Waals surface area contributed by atoms with E-state index in [0.29, 0.717) is 22.9 Å². The molecule has 0 unspecified atom stereocenters. The first-order valence-electron chi connectivity index (χ1n) is 7.64. The van der Waals surface area contributed by atoms with E-state index >= 15 is 0 Å². The number of para-hydroxylation sites is 1. The van der Waals surface area contributed by atoms with E-state index in [2.05, 4.69) is 20.3 Å². The van der Waals surface area contributed by atoms with Gasteiger partial charge in [-0.05, 0) is 24.3 Å². The molecule has 0 radical (unpaired) electrons. The molecule has 0 bridgehead atoms. The third-order valence-corrected chi connectivity index (χ3v) is 3.61. The fraction of sp³-hybridized carbons (Fsp3) is 0.176. The Kier molecular flexibility index (Phi) is 4.70. The van der Waals surface area contributed by atoms with E-state index in [0.717, 1.165) is 12.1 Å². The van der Waals surface area contributed by atoms with E-state index in [9.17, 15) is 22.8 Å². The Morgan fingerprint density at radius 3 is 2.62 bits per heavy atom. The van der Waals surface area contributed by atoms with E-state index in [-0.39, 0.29) is 24.2 Å². The molecule has 26 heavy (non-hydrogen) atoms. The van der Waals surface area contributed by atoms with Crippen LogP contribution in [0.2, 0.25) is 0 Å². The fourth-order valence-electron chi connectivity index (χ4n) is 2.33. The molecular formula is C17H13F3N4O2. The number of rotatable bonds is 4. The second-order valence-corrected chi connectivity index (χ2v) is 5.51. The summed E-state index contributed by atoms with van der Waals surface area (Å²) in [5.74, 6) is -0.0831. The van der Waals surface area contributed by atoms with Crippen LogP contribution in [0.15, 0.2) is 47.4 Å². The molecule has 0 saturated carbocycles. The number of nitrogens with zero attached hydrogens (tertiary/aromatic N) is 2. The molecule has 0 aliphatic rings. The number of alkyl halides is 3. The standard InChI is InChI=1S/C17H13F3N4O2/c18-17(19,20)10-5-6-13(21-9-10)23-15(25)8-7-14-22-12-4-2-1-3-11(12)16(26)24-14/h1-6,9H,7-8H2,(H,21,23,25)(H,22,24,26). The van der Waals surface area contributed by atoms with Crippen LogP contribution in [0.4, 0.5) is 19.0 Å². The highest BCUT2D eigenvalue weighted by Gasteiger charge is 2.30. The van der Waals surface area contributed by atoms with Crippen molar-refractivity contribution in [2.45, 2.75) is 19.0 Å². The van der Waals surface area contributed by atoms with Crippen LogP contribution >= 0.6 is 0 Å². The van der Waals surface area contributed by atoms with Crippen LogP contribution in [0.25, 0.3) is 10.9 Å². The smallest absolute Gasteiger partial charge is 0.311 e. The number of benzene rings is 1. The van der Waals surface area contributed by atoms with Gasteiger partial charge in [-0.1, -0.05) is 12.1 Å². The molecule has 3 aromatic rings. The number of hydrogen-bond donors (Lipinski definition) is 2. The number of aryl methyl sites for hydroxylation is 1. The third-order valence-electron chi connectivity index (χ3n) is 3.61. The third kappa shape index (κ3) is 4.05. The SMILES string of the molecule is O=C(CCc1nc2ccccc2c(=O)[nH]1)Nc1ccc(C(F)(F)F)cn1. The van der Waals surface area contributed by atoms with E-state index in [1.807, 2.05) is 0 Å². The van der Waals surface area contributed by atoms with Crippen molar-refractivity contribution in [1.82, 2.24) is 15.0 Å². The number of amides is 1. The van der Waals surface area contributed by atoms with Gasteiger partial charge >= 0.3 is 6.18 Å². The predicted octanol–water partition coefficient (Wildman–Crippen LogP) is 2.91. The van der Waals surface area contributed by atoms with Crippen LogP contribution in [-0.4, -0.2) is 20.9 Å². The van der Waals surface area contributed by atoms with Gasteiger partial charge in [-0.3, -0.25) is 9.59 Å². The lowest BCUT2D eigenvalue weighted by Crippen LogP contribution is -2.17. The van der Waals surface area contributed by atoms with E-state index in [1.54, 1.807) is 24.3 Å². The predicted molar refractivity (Wildman–Crippen MR) is 88.6 cm³/mol. The van der Waals surface area contributed by atoms with Crippen molar-refractivity contribution < 1.29 is 18.0 Å². The molecule has 1 amide bonds. The minimum absolute atomic E-state index is 0.00994. The zero-order chi connectivity index (χ0) is 18.7. The van der Waals surface area contributed by atoms with Crippen LogP contribution < -0.4 is 10.9 Å². The lowest BCUT2D eigenvalue weighted by atomic mass is 10.2. The first-order chi connectivity index (χ1) is 12.3. The average Bonchev–Trinajstić information content (AvgIpc) is 2.60. The Bertz CT molecular complexity index is 997. The van der Waals surface area contributed by atoms with E-state index in [4.69, 9.17) is 0 Å². The second kappa shape index (κ2) is 6.95. The molecule has 0 atom stereocenters. The Balaban J connectivity index is 1.63. The summed E-state index contributed by atoms with van der Waals surface area (Å²) in [6.07, 6.45) is -3.67. The molecule has 3 rings (SSSR count). The quantitative estimate of drug-likeness (QED) is 0.747. The number of H-pyrrole nitrogens is 1. The molecule has 2 heterocycles. The number of hydrogen-bond acceptors (Lipinski definition) is 4. The summed E-state index contributed by atoms with van der Waals surface area (Å²) >= 11 is 0. The summed E-state index contributed by atoms with van der Waals surface area (Å²) in [5.41, 5.74) is -0.667. The molecule has 2 aromatic heterocycles. The van der Waals surface area contributed by atoms with Gasteiger partial charge in [0.05, 0.1) is 16.5 Å². The summed E-state index contributed by atoms with van der Waals surface area (Å²) < 4.78 is 37.4. The van der Waals surface area contributed by atoms with Crippen molar-refractivity contribution in [1.29, 1.82) is 0 Å². The van der Waals surface area contributed by atoms with E-state index in [1.165, 1.54) is 0 Å². The van der Waals surface area contributed by atoms with Crippen molar-refractivity contribution in [3.8, 4) is 0 Å². The first-order valence-corrected chi connectivity index (χ1v) is 7.64. The summed E-state index contributed by atoms with van der Waals surface area (Å²) in [4.78, 5) is 34.3. The molecule has 0 fully saturated rings. The van der Waals surface area contributed by atoms with Crippen LogP contribution in [0.1, 0.15) is 17.8 Å². The van der Waals surface area contributed by atoms with Gasteiger partial charge in [0.25, 0.3) is 5.56 Å². The lowest BCUT2D eigenvalue weighted by molar-refractivity contribution is -0.137. The topological polar surface area (TPSA) is 87.7 Å². The van der Waals surface area contributed by atoms with Gasteiger partial charge in [0.2, 0.25) is 5.91 Å². The van der Waals surface area contributed by atoms with Gasteiger partial charge in [-0.2, -0.15) is 13.2 Å². The molecule has 2 N–H and O–H groups in total. The van der Waals surface area contributed by atoms with Crippen molar-refractivity contribution in [2.75, 3.05) is 5.32 Å². The lowest BCUT2D eigenvalue weighted by Gasteiger charge is -2.08. The number of anilines is 1. The number of halogens is 3. The average molecular weight is 362 g/mol. The number of carbonyl (C=O) groups is 1. The summed E-state index contributed by atoms with van der Waals surface area (Å²) in [6, 6.07) is 8.74. The number of aromatic nitrogens is 3. The maximum Gasteiger partial charge on any atom is 0.417 e. The van der Waals surface area contributed by atoms with Gasteiger partial charge < -0.3 is 10.3 Å². The second-order valence-electron chi connectivity index (χ2n) is 5.51.